The van der Waals surface area contributed by atoms with Gasteiger partial charge in [0.15, 0.2) is 5.65 Å². The van der Waals surface area contributed by atoms with Crippen molar-refractivity contribution < 1.29 is 14.3 Å². The molecule has 1 aliphatic carbocycles. The van der Waals surface area contributed by atoms with Crippen LogP contribution in [0.2, 0.25) is 0 Å². The Bertz CT molecular complexity index is 919. The van der Waals surface area contributed by atoms with E-state index >= 15 is 0 Å². The summed E-state index contributed by atoms with van der Waals surface area (Å²) in [6.07, 6.45) is 5.90. The number of nitrogens with zero attached hydrogens (tertiary/aromatic N) is 4. The summed E-state index contributed by atoms with van der Waals surface area (Å²) in [6, 6.07) is 6.47. The minimum atomic E-state index is -0.388. The van der Waals surface area contributed by atoms with Gasteiger partial charge in [0.2, 0.25) is 5.91 Å². The lowest BCUT2D eigenvalue weighted by Crippen LogP contribution is -2.44. The molecule has 2 aromatic heterocycles. The molecule has 146 valence electrons. The van der Waals surface area contributed by atoms with E-state index in [1.165, 1.54) is 23.3 Å². The molecule has 5 rings (SSSR count). The summed E-state index contributed by atoms with van der Waals surface area (Å²) >= 11 is 0. The van der Waals surface area contributed by atoms with Crippen LogP contribution in [0.15, 0.2) is 24.4 Å². The van der Waals surface area contributed by atoms with Crippen molar-refractivity contribution >= 4 is 23.0 Å². The largest absolute Gasteiger partial charge is 0.448 e. The molecule has 2 saturated heterocycles. The normalized spacial score (nSPS) is 20.6. The zero-order valence-corrected chi connectivity index (χ0v) is 15.8. The van der Waals surface area contributed by atoms with Crippen molar-refractivity contribution in [1.82, 2.24) is 19.8 Å². The van der Waals surface area contributed by atoms with E-state index < -0.39 is 0 Å². The van der Waals surface area contributed by atoms with Crippen LogP contribution >= 0.6 is 0 Å². The summed E-state index contributed by atoms with van der Waals surface area (Å²) in [7, 11) is 0. The van der Waals surface area contributed by atoms with Gasteiger partial charge in [0.05, 0.1) is 6.54 Å². The van der Waals surface area contributed by atoms with Crippen LogP contribution in [-0.4, -0.2) is 64.6 Å². The fraction of sp³-hybridized carbons (Fsp3) is 0.524. The summed E-state index contributed by atoms with van der Waals surface area (Å²) in [5.74, 6) is 1.04. The van der Waals surface area contributed by atoms with Gasteiger partial charge >= 0.3 is 6.09 Å². The molecule has 3 fully saturated rings. The standard InChI is InChI=1S/C21H24N4O3/c26-19(13-25-9-10-28-21(25)27)24-7-5-15(6-8-24)18-4-3-16-11-17(14-1-2-14)12-22-20(16)23-18/h3-4,11-12,14-15H,1-2,5-10,13H2. The Kier molecular flexibility index (Phi) is 4.37. The fourth-order valence-corrected chi connectivity index (χ4v) is 4.17. The van der Waals surface area contributed by atoms with Gasteiger partial charge in [0.25, 0.3) is 0 Å². The average Bonchev–Trinajstić information content (AvgIpc) is 3.51. The molecule has 2 amide bonds. The van der Waals surface area contributed by atoms with E-state index in [2.05, 4.69) is 23.2 Å². The third kappa shape index (κ3) is 3.41. The maximum Gasteiger partial charge on any atom is 0.410 e. The molecule has 0 aromatic carbocycles. The number of likely N-dealkylation sites (tertiary alicyclic amines) is 1. The van der Waals surface area contributed by atoms with Crippen molar-refractivity contribution in [1.29, 1.82) is 0 Å². The van der Waals surface area contributed by atoms with Crippen LogP contribution < -0.4 is 0 Å². The molecule has 0 radical (unpaired) electrons. The number of ether oxygens (including phenoxy) is 1. The third-order valence-electron chi connectivity index (χ3n) is 6.07. The zero-order chi connectivity index (χ0) is 19.1. The molecule has 0 atom stereocenters. The van der Waals surface area contributed by atoms with Gasteiger partial charge in [-0.1, -0.05) is 0 Å². The number of piperidine rings is 1. The van der Waals surface area contributed by atoms with E-state index in [4.69, 9.17) is 9.72 Å². The van der Waals surface area contributed by atoms with Gasteiger partial charge in [-0.2, -0.15) is 0 Å². The van der Waals surface area contributed by atoms with E-state index in [0.29, 0.717) is 38.1 Å². The first kappa shape index (κ1) is 17.4. The van der Waals surface area contributed by atoms with Gasteiger partial charge in [-0.25, -0.2) is 14.8 Å². The Hall–Kier alpha value is -2.70. The summed E-state index contributed by atoms with van der Waals surface area (Å²) in [5, 5.41) is 1.11. The van der Waals surface area contributed by atoms with Crippen LogP contribution in [0.5, 0.6) is 0 Å². The molecular weight excluding hydrogens is 356 g/mol. The highest BCUT2D eigenvalue weighted by Crippen LogP contribution is 2.40. The van der Waals surface area contributed by atoms with Crippen molar-refractivity contribution in [2.75, 3.05) is 32.8 Å². The Morgan fingerprint density at radius 1 is 1.11 bits per heavy atom. The first-order valence-corrected chi connectivity index (χ1v) is 10.1. The highest BCUT2D eigenvalue weighted by Gasteiger charge is 2.29. The van der Waals surface area contributed by atoms with Crippen molar-refractivity contribution in [3.8, 4) is 0 Å². The number of pyridine rings is 2. The number of amides is 2. The van der Waals surface area contributed by atoms with Crippen molar-refractivity contribution in [2.24, 2.45) is 0 Å². The second-order valence-electron chi connectivity index (χ2n) is 8.02. The summed E-state index contributed by atoms with van der Waals surface area (Å²) in [6.45, 7) is 2.38. The van der Waals surface area contributed by atoms with Crippen LogP contribution in [0.25, 0.3) is 11.0 Å². The van der Waals surface area contributed by atoms with Gasteiger partial charge in [0, 0.05) is 36.3 Å². The van der Waals surface area contributed by atoms with E-state index in [-0.39, 0.29) is 18.5 Å². The van der Waals surface area contributed by atoms with E-state index in [1.807, 2.05) is 11.1 Å². The van der Waals surface area contributed by atoms with Crippen molar-refractivity contribution in [3.63, 3.8) is 0 Å². The van der Waals surface area contributed by atoms with Gasteiger partial charge in [-0.15, -0.1) is 0 Å². The number of hydrogen-bond acceptors (Lipinski definition) is 5. The lowest BCUT2D eigenvalue weighted by atomic mass is 9.92. The summed E-state index contributed by atoms with van der Waals surface area (Å²) in [5.41, 5.74) is 3.21. The summed E-state index contributed by atoms with van der Waals surface area (Å²) in [4.78, 5) is 36.7. The highest BCUT2D eigenvalue weighted by atomic mass is 16.6. The van der Waals surface area contributed by atoms with Crippen molar-refractivity contribution in [3.05, 3.63) is 35.7 Å². The molecule has 7 nitrogen and oxygen atoms in total. The molecule has 0 unspecified atom stereocenters. The molecule has 1 saturated carbocycles. The molecule has 7 heteroatoms. The van der Waals surface area contributed by atoms with Crippen LogP contribution in [0.1, 0.15) is 48.8 Å². The number of hydrogen-bond donors (Lipinski definition) is 0. The van der Waals surface area contributed by atoms with E-state index in [1.54, 1.807) is 0 Å². The number of rotatable bonds is 4. The molecule has 28 heavy (non-hydrogen) atoms. The molecule has 0 spiro atoms. The van der Waals surface area contributed by atoms with Gasteiger partial charge in [-0.3, -0.25) is 9.69 Å². The SMILES string of the molecule is O=C(CN1CCOC1=O)N1CCC(c2ccc3cc(C4CC4)cnc3n2)CC1. The molecule has 3 aliphatic rings. The van der Waals surface area contributed by atoms with Gasteiger partial charge < -0.3 is 9.64 Å². The van der Waals surface area contributed by atoms with E-state index in [9.17, 15) is 9.59 Å². The average molecular weight is 380 g/mol. The predicted octanol–water partition coefficient (Wildman–Crippen LogP) is 2.67. The monoisotopic (exact) mass is 380 g/mol. The molecule has 2 aromatic rings. The number of cyclic esters (lactones) is 1. The Morgan fingerprint density at radius 3 is 2.64 bits per heavy atom. The number of carbonyl (C=O) groups excluding carboxylic acids is 2. The zero-order valence-electron chi connectivity index (χ0n) is 15.8. The van der Waals surface area contributed by atoms with Gasteiger partial charge in [-0.05, 0) is 55.4 Å². The Morgan fingerprint density at radius 2 is 1.93 bits per heavy atom. The second kappa shape index (κ2) is 7.04. The maximum absolute atomic E-state index is 12.5. The summed E-state index contributed by atoms with van der Waals surface area (Å²) < 4.78 is 4.89. The lowest BCUT2D eigenvalue weighted by Gasteiger charge is -2.32. The quantitative estimate of drug-likeness (QED) is 0.815. The van der Waals surface area contributed by atoms with Crippen LogP contribution in [0, 0.1) is 0 Å². The number of aromatic nitrogens is 2. The predicted molar refractivity (Wildman–Crippen MR) is 103 cm³/mol. The topological polar surface area (TPSA) is 75.6 Å². The Balaban J connectivity index is 1.22. The van der Waals surface area contributed by atoms with Crippen LogP contribution in [0.4, 0.5) is 4.79 Å². The fourth-order valence-electron chi connectivity index (χ4n) is 4.17. The van der Waals surface area contributed by atoms with Crippen LogP contribution in [0.3, 0.4) is 0 Å². The molecule has 0 N–H and O–H groups in total. The molecule has 4 heterocycles. The van der Waals surface area contributed by atoms with Gasteiger partial charge in [0.1, 0.15) is 13.2 Å². The van der Waals surface area contributed by atoms with Crippen molar-refractivity contribution in [2.45, 2.75) is 37.5 Å². The minimum absolute atomic E-state index is 0.00181. The highest BCUT2D eigenvalue weighted by molar-refractivity contribution is 5.83. The Labute approximate surface area is 163 Å². The number of carbonyl (C=O) groups is 2. The minimum Gasteiger partial charge on any atom is -0.448 e. The lowest BCUT2D eigenvalue weighted by molar-refractivity contribution is -0.132. The number of fused-ring (bicyclic) bond motifs is 1. The molecule has 2 aliphatic heterocycles. The smallest absolute Gasteiger partial charge is 0.410 e. The maximum atomic E-state index is 12.5. The molecule has 0 bridgehead atoms. The second-order valence-corrected chi connectivity index (χ2v) is 8.02. The third-order valence-corrected chi connectivity index (χ3v) is 6.07. The van der Waals surface area contributed by atoms with Crippen LogP contribution in [-0.2, 0) is 9.53 Å². The van der Waals surface area contributed by atoms with E-state index in [0.717, 1.165) is 29.6 Å². The molecular formula is C21H24N4O3. The first-order chi connectivity index (χ1) is 13.7. The first-order valence-electron chi connectivity index (χ1n) is 10.1.